The zero-order valence-corrected chi connectivity index (χ0v) is 5.93. The third-order valence-electron chi connectivity index (χ3n) is 2.02. The molecule has 0 aromatic rings. The fourth-order valence-corrected chi connectivity index (χ4v) is 1.19. The van der Waals surface area contributed by atoms with E-state index in [2.05, 4.69) is 13.2 Å². The third-order valence-corrected chi connectivity index (χ3v) is 2.02. The van der Waals surface area contributed by atoms with Gasteiger partial charge in [-0.2, -0.15) is 0 Å². The van der Waals surface area contributed by atoms with Gasteiger partial charge in [0.15, 0.2) is 0 Å². The van der Waals surface area contributed by atoms with Gasteiger partial charge in [0.1, 0.15) is 7.85 Å². The van der Waals surface area contributed by atoms with E-state index >= 15 is 0 Å². The zero-order chi connectivity index (χ0) is 6.69. The molecule has 0 aromatic heterocycles. The Labute approximate surface area is 57.1 Å². The molecule has 2 atom stereocenters. The van der Waals surface area contributed by atoms with Crippen LogP contribution in [0.15, 0.2) is 0 Å². The number of aliphatic hydroxyl groups is 1. The molecule has 0 aliphatic carbocycles. The summed E-state index contributed by atoms with van der Waals surface area (Å²) in [6.07, 6.45) is 2.25. The Balaban J connectivity index is 2.32. The van der Waals surface area contributed by atoms with Crippen molar-refractivity contribution in [1.82, 2.24) is 5.32 Å². The summed E-state index contributed by atoms with van der Waals surface area (Å²) in [5, 5.41) is 12.5. The molecule has 2 N–H and O–H groups in total. The summed E-state index contributed by atoms with van der Waals surface area (Å²) in [4.78, 5) is 0. The van der Waals surface area contributed by atoms with Crippen LogP contribution in [0.1, 0.15) is 12.8 Å². The highest BCUT2D eigenvalue weighted by Gasteiger charge is 2.15. The van der Waals surface area contributed by atoms with Gasteiger partial charge in [0.2, 0.25) is 0 Å². The summed E-state index contributed by atoms with van der Waals surface area (Å²) >= 11 is 0. The Hall–Kier alpha value is -0.0151. The van der Waals surface area contributed by atoms with E-state index in [0.29, 0.717) is 5.82 Å². The minimum Gasteiger partial charge on any atom is -0.392 e. The van der Waals surface area contributed by atoms with Crippen LogP contribution in [0.3, 0.4) is 0 Å². The predicted octanol–water partition coefficient (Wildman–Crippen LogP) is -0.848. The molecule has 52 valence electrons. The predicted molar refractivity (Wildman–Crippen MR) is 40.4 cm³/mol. The molecule has 0 bridgehead atoms. The van der Waals surface area contributed by atoms with Gasteiger partial charge in [0.25, 0.3) is 0 Å². The van der Waals surface area contributed by atoms with Crippen LogP contribution in [0.4, 0.5) is 0 Å². The standard InChI is InChI=1S/C6H14BNO/c7-5-2-1-3-8-4-6(5)9/h5-6,8-9H,1-4,7H2. The van der Waals surface area contributed by atoms with Crippen LogP contribution < -0.4 is 5.32 Å². The minimum absolute atomic E-state index is 0.118. The monoisotopic (exact) mass is 127 g/mol. The fraction of sp³-hybridized carbons (Fsp3) is 1.00. The van der Waals surface area contributed by atoms with Crippen LogP contribution in [-0.4, -0.2) is 32.1 Å². The smallest absolute Gasteiger partial charge is 0.108 e. The topological polar surface area (TPSA) is 32.3 Å². The van der Waals surface area contributed by atoms with Gasteiger partial charge in [0, 0.05) is 6.54 Å². The minimum atomic E-state index is -0.118. The fourth-order valence-electron chi connectivity index (χ4n) is 1.19. The molecule has 1 heterocycles. The molecule has 0 saturated carbocycles. The molecule has 1 aliphatic heterocycles. The van der Waals surface area contributed by atoms with E-state index in [1.807, 2.05) is 0 Å². The Bertz CT molecular complexity index is 79.1. The highest BCUT2D eigenvalue weighted by molar-refractivity contribution is 6.12. The molecule has 0 spiro atoms. The quantitative estimate of drug-likeness (QED) is 0.415. The number of hydrogen-bond acceptors (Lipinski definition) is 2. The second-order valence-electron chi connectivity index (χ2n) is 2.89. The van der Waals surface area contributed by atoms with Gasteiger partial charge in [0.05, 0.1) is 6.10 Å². The van der Waals surface area contributed by atoms with Gasteiger partial charge >= 0.3 is 0 Å². The van der Waals surface area contributed by atoms with Gasteiger partial charge < -0.3 is 10.4 Å². The number of nitrogens with one attached hydrogen (secondary N) is 1. The molecule has 1 aliphatic rings. The van der Waals surface area contributed by atoms with E-state index < -0.39 is 0 Å². The van der Waals surface area contributed by atoms with Gasteiger partial charge in [-0.05, 0) is 18.8 Å². The molecule has 9 heavy (non-hydrogen) atoms. The van der Waals surface area contributed by atoms with Crippen LogP contribution in [0.25, 0.3) is 0 Å². The van der Waals surface area contributed by atoms with Gasteiger partial charge in [-0.1, -0.05) is 6.42 Å². The van der Waals surface area contributed by atoms with Crippen molar-refractivity contribution in [3.63, 3.8) is 0 Å². The molecule has 1 fully saturated rings. The first kappa shape index (κ1) is 7.10. The van der Waals surface area contributed by atoms with E-state index in [1.54, 1.807) is 0 Å². The van der Waals surface area contributed by atoms with Crippen molar-refractivity contribution in [3.05, 3.63) is 0 Å². The average molecular weight is 127 g/mol. The highest BCUT2D eigenvalue weighted by Crippen LogP contribution is 2.15. The third kappa shape index (κ3) is 1.99. The lowest BCUT2D eigenvalue weighted by atomic mass is 9.80. The molecule has 0 amide bonds. The number of hydrogen-bond donors (Lipinski definition) is 2. The van der Waals surface area contributed by atoms with Crippen LogP contribution in [0, 0.1) is 0 Å². The van der Waals surface area contributed by atoms with E-state index in [-0.39, 0.29) is 6.10 Å². The van der Waals surface area contributed by atoms with Crippen LogP contribution in [0.5, 0.6) is 0 Å². The van der Waals surface area contributed by atoms with E-state index in [1.165, 1.54) is 6.42 Å². The van der Waals surface area contributed by atoms with Gasteiger partial charge in [-0.15, -0.1) is 0 Å². The molecule has 2 unspecified atom stereocenters. The van der Waals surface area contributed by atoms with Crippen molar-refractivity contribution in [2.24, 2.45) is 0 Å². The number of rotatable bonds is 0. The molecule has 1 saturated heterocycles. The summed E-state index contributed by atoms with van der Waals surface area (Å²) in [7, 11) is 2.11. The Kier molecular flexibility index (Phi) is 2.55. The molecular formula is C6H14BNO. The maximum Gasteiger partial charge on any atom is 0.108 e. The van der Waals surface area contributed by atoms with Gasteiger partial charge in [-0.3, -0.25) is 0 Å². The van der Waals surface area contributed by atoms with Crippen molar-refractivity contribution in [3.8, 4) is 0 Å². The lowest BCUT2D eigenvalue weighted by Gasteiger charge is -2.13. The lowest BCUT2D eigenvalue weighted by Crippen LogP contribution is -2.26. The van der Waals surface area contributed by atoms with Crippen molar-refractivity contribution in [2.75, 3.05) is 13.1 Å². The maximum absolute atomic E-state index is 9.30. The first-order valence-corrected chi connectivity index (χ1v) is 3.69. The Morgan fingerprint density at radius 2 is 2.33 bits per heavy atom. The number of aliphatic hydroxyl groups excluding tert-OH is 1. The number of β-amino-alcohol motifs (C(OH)–C–C–N with tert-alkyl or cyclic N) is 1. The Morgan fingerprint density at radius 3 is 3.11 bits per heavy atom. The van der Waals surface area contributed by atoms with Crippen molar-refractivity contribution in [2.45, 2.75) is 24.8 Å². The van der Waals surface area contributed by atoms with Crippen molar-refractivity contribution in [1.29, 1.82) is 0 Å². The summed E-state index contributed by atoms with van der Waals surface area (Å²) in [5.41, 5.74) is 0. The van der Waals surface area contributed by atoms with E-state index in [9.17, 15) is 5.11 Å². The largest absolute Gasteiger partial charge is 0.392 e. The normalized spacial score (nSPS) is 37.9. The molecule has 2 nitrogen and oxygen atoms in total. The summed E-state index contributed by atoms with van der Waals surface area (Å²) in [6.45, 7) is 1.85. The second kappa shape index (κ2) is 3.23. The van der Waals surface area contributed by atoms with E-state index in [0.717, 1.165) is 19.5 Å². The Morgan fingerprint density at radius 1 is 1.56 bits per heavy atom. The average Bonchev–Trinajstić information content (AvgIpc) is 1.99. The summed E-state index contributed by atoms with van der Waals surface area (Å²) < 4.78 is 0. The molecule has 0 aromatic carbocycles. The zero-order valence-electron chi connectivity index (χ0n) is 5.93. The van der Waals surface area contributed by atoms with Crippen LogP contribution in [-0.2, 0) is 0 Å². The molecule has 0 radical (unpaired) electrons. The molecule has 3 heteroatoms. The van der Waals surface area contributed by atoms with Gasteiger partial charge in [-0.25, -0.2) is 0 Å². The maximum atomic E-state index is 9.30. The second-order valence-corrected chi connectivity index (χ2v) is 2.89. The molecular weight excluding hydrogens is 113 g/mol. The highest BCUT2D eigenvalue weighted by atomic mass is 16.3. The summed E-state index contributed by atoms with van der Waals surface area (Å²) in [5.74, 6) is 0.486. The van der Waals surface area contributed by atoms with E-state index in [4.69, 9.17) is 0 Å². The first-order valence-electron chi connectivity index (χ1n) is 3.69. The van der Waals surface area contributed by atoms with Crippen LogP contribution in [0.2, 0.25) is 5.82 Å². The SMILES string of the molecule is BC1CCCNCC1O. The molecule has 1 rings (SSSR count). The van der Waals surface area contributed by atoms with Crippen LogP contribution >= 0.6 is 0 Å². The first-order chi connectivity index (χ1) is 4.30. The van der Waals surface area contributed by atoms with Crippen molar-refractivity contribution < 1.29 is 5.11 Å². The van der Waals surface area contributed by atoms with Crippen molar-refractivity contribution >= 4 is 7.85 Å². The lowest BCUT2D eigenvalue weighted by molar-refractivity contribution is 0.169. The summed E-state index contributed by atoms with van der Waals surface area (Å²) in [6, 6.07) is 0.